The number of nitrogens with zero attached hydrogens (tertiary/aromatic N) is 3. The Morgan fingerprint density at radius 3 is 2.33 bits per heavy atom. The van der Waals surface area contributed by atoms with E-state index >= 15 is 0 Å². The predicted molar refractivity (Wildman–Crippen MR) is 126 cm³/mol. The van der Waals surface area contributed by atoms with E-state index in [2.05, 4.69) is 117 Å². The molecule has 3 unspecified atom stereocenters. The van der Waals surface area contributed by atoms with Crippen LogP contribution in [0.15, 0.2) is 79.5 Å². The van der Waals surface area contributed by atoms with E-state index in [9.17, 15) is 0 Å². The lowest BCUT2D eigenvalue weighted by molar-refractivity contribution is 0.409. The third-order valence-electron chi connectivity index (χ3n) is 6.61. The number of pyridine rings is 1. The molecule has 2 aromatic carbocycles. The van der Waals surface area contributed by atoms with Crippen molar-refractivity contribution in [2.24, 2.45) is 5.92 Å². The third kappa shape index (κ3) is 2.68. The van der Waals surface area contributed by atoms with Crippen molar-refractivity contribution in [1.29, 1.82) is 0 Å². The van der Waals surface area contributed by atoms with E-state index in [1.807, 2.05) is 0 Å². The van der Waals surface area contributed by atoms with E-state index in [4.69, 9.17) is 4.98 Å². The van der Waals surface area contributed by atoms with Crippen LogP contribution in [0.1, 0.15) is 44.7 Å². The summed E-state index contributed by atoms with van der Waals surface area (Å²) in [4.78, 5) is 9.95. The van der Waals surface area contributed by atoms with E-state index in [0.29, 0.717) is 11.8 Å². The Morgan fingerprint density at radius 1 is 0.933 bits per heavy atom. The number of hydrogen-bond acceptors (Lipinski definition) is 3. The van der Waals surface area contributed by atoms with Gasteiger partial charge in [0.15, 0.2) is 5.82 Å². The maximum Gasteiger partial charge on any atom is 0.158 e. The van der Waals surface area contributed by atoms with Gasteiger partial charge in [-0.15, -0.1) is 6.58 Å². The molecule has 30 heavy (non-hydrogen) atoms. The molecule has 0 N–H and O–H groups in total. The van der Waals surface area contributed by atoms with Crippen LogP contribution in [-0.4, -0.2) is 11.1 Å². The summed E-state index contributed by atoms with van der Waals surface area (Å²) in [5, 5.41) is 0. The monoisotopic (exact) mass is 395 g/mol. The zero-order valence-electron chi connectivity index (χ0n) is 18.2. The van der Waals surface area contributed by atoms with Gasteiger partial charge in [0.2, 0.25) is 0 Å². The molecule has 0 saturated heterocycles. The van der Waals surface area contributed by atoms with E-state index in [1.54, 1.807) is 0 Å². The first-order valence-electron chi connectivity index (χ1n) is 10.8. The molecular weight excluding hydrogens is 366 g/mol. The van der Waals surface area contributed by atoms with Crippen LogP contribution in [0.5, 0.6) is 0 Å². The van der Waals surface area contributed by atoms with E-state index in [0.717, 1.165) is 5.82 Å². The highest BCUT2D eigenvalue weighted by Gasteiger charge is 2.48. The van der Waals surface area contributed by atoms with Gasteiger partial charge in [0.05, 0.1) is 5.69 Å². The van der Waals surface area contributed by atoms with Crippen LogP contribution < -0.4 is 9.80 Å². The molecule has 3 nitrogen and oxygen atoms in total. The molecule has 0 saturated carbocycles. The summed E-state index contributed by atoms with van der Waals surface area (Å²) in [6, 6.07) is 21.8. The molecule has 3 heterocycles. The van der Waals surface area contributed by atoms with Gasteiger partial charge in [-0.2, -0.15) is 0 Å². The van der Waals surface area contributed by atoms with Gasteiger partial charge in [-0.25, -0.2) is 4.98 Å². The highest BCUT2D eigenvalue weighted by molar-refractivity contribution is 5.88. The van der Waals surface area contributed by atoms with E-state index in [1.165, 1.54) is 28.2 Å². The smallest absolute Gasteiger partial charge is 0.158 e. The number of para-hydroxylation sites is 2. The molecule has 2 aliphatic heterocycles. The summed E-state index contributed by atoms with van der Waals surface area (Å²) in [5.74, 6) is 1.69. The molecule has 0 bridgehead atoms. The SMILES string of the molecule is C=CC1c2ccccc2N2c3ncc(C(C)(C)C)cc3N(c3ccccc3)C2C1C. The normalized spacial score (nSPS) is 22.3. The summed E-state index contributed by atoms with van der Waals surface area (Å²) in [6.07, 6.45) is 4.32. The molecule has 3 aromatic rings. The lowest BCUT2D eigenvalue weighted by atomic mass is 9.80. The van der Waals surface area contributed by atoms with Gasteiger partial charge in [0.25, 0.3) is 0 Å². The predicted octanol–water partition coefficient (Wildman–Crippen LogP) is 6.91. The van der Waals surface area contributed by atoms with Crippen LogP contribution >= 0.6 is 0 Å². The average Bonchev–Trinajstić information content (AvgIpc) is 3.09. The van der Waals surface area contributed by atoms with E-state index < -0.39 is 0 Å². The third-order valence-corrected chi connectivity index (χ3v) is 6.61. The highest BCUT2D eigenvalue weighted by atomic mass is 15.5. The summed E-state index contributed by atoms with van der Waals surface area (Å²) < 4.78 is 0. The Balaban J connectivity index is 1.79. The number of allylic oxidation sites excluding steroid dienone is 1. The lowest BCUT2D eigenvalue weighted by Crippen LogP contribution is -2.48. The Labute approximate surface area is 179 Å². The van der Waals surface area contributed by atoms with Crippen molar-refractivity contribution >= 4 is 22.9 Å². The molecule has 0 spiro atoms. The van der Waals surface area contributed by atoms with Crippen molar-refractivity contribution in [3.63, 3.8) is 0 Å². The second-order valence-corrected chi connectivity index (χ2v) is 9.49. The lowest BCUT2D eigenvalue weighted by Gasteiger charge is -2.44. The van der Waals surface area contributed by atoms with Gasteiger partial charge in [-0.1, -0.05) is 70.2 Å². The molecule has 0 radical (unpaired) electrons. The largest absolute Gasteiger partial charge is 0.317 e. The second-order valence-electron chi connectivity index (χ2n) is 9.49. The van der Waals surface area contributed by atoms with Gasteiger partial charge in [-0.3, -0.25) is 0 Å². The fourth-order valence-electron chi connectivity index (χ4n) is 5.01. The quantitative estimate of drug-likeness (QED) is 0.439. The fourth-order valence-corrected chi connectivity index (χ4v) is 5.01. The molecule has 5 rings (SSSR count). The molecule has 0 aliphatic carbocycles. The summed E-state index contributed by atoms with van der Waals surface area (Å²) in [7, 11) is 0. The fraction of sp³-hybridized carbons (Fsp3) is 0.296. The minimum atomic E-state index is 0.0423. The van der Waals surface area contributed by atoms with Crippen LogP contribution in [0.2, 0.25) is 0 Å². The topological polar surface area (TPSA) is 19.4 Å². The number of hydrogen-bond donors (Lipinski definition) is 0. The summed E-state index contributed by atoms with van der Waals surface area (Å²) in [5.41, 5.74) is 6.25. The van der Waals surface area contributed by atoms with Crippen molar-refractivity contribution in [2.45, 2.75) is 45.2 Å². The molecule has 3 atom stereocenters. The van der Waals surface area contributed by atoms with Crippen LogP contribution in [0.4, 0.5) is 22.9 Å². The maximum atomic E-state index is 5.03. The molecule has 0 fully saturated rings. The first kappa shape index (κ1) is 18.9. The van der Waals surface area contributed by atoms with Gasteiger partial charge < -0.3 is 9.80 Å². The molecule has 2 aliphatic rings. The Kier molecular flexibility index (Phi) is 4.25. The zero-order chi connectivity index (χ0) is 21.0. The van der Waals surface area contributed by atoms with Gasteiger partial charge in [0.1, 0.15) is 6.17 Å². The Hall–Kier alpha value is -3.07. The van der Waals surface area contributed by atoms with Gasteiger partial charge in [-0.05, 0) is 40.8 Å². The first-order chi connectivity index (χ1) is 14.4. The Morgan fingerprint density at radius 2 is 1.63 bits per heavy atom. The molecule has 152 valence electrons. The minimum Gasteiger partial charge on any atom is -0.317 e. The van der Waals surface area contributed by atoms with Gasteiger partial charge >= 0.3 is 0 Å². The number of anilines is 4. The minimum absolute atomic E-state index is 0.0423. The number of fused-ring (bicyclic) bond motifs is 5. The van der Waals surface area contributed by atoms with Crippen LogP contribution in [-0.2, 0) is 5.41 Å². The number of benzene rings is 2. The highest BCUT2D eigenvalue weighted by Crippen LogP contribution is 2.55. The Bertz CT molecular complexity index is 1100. The van der Waals surface area contributed by atoms with E-state index in [-0.39, 0.29) is 11.6 Å². The second kappa shape index (κ2) is 6.73. The standard InChI is InChI=1S/C27H29N3/c1-6-21-18(2)26-29(20-12-8-7-9-13-20)24-16-19(27(3,4)5)17-28-25(24)30(26)23-15-11-10-14-22(21)23/h6-18,21,26H,1H2,2-5H3. The summed E-state index contributed by atoms with van der Waals surface area (Å²) in [6.45, 7) is 13.3. The maximum absolute atomic E-state index is 5.03. The van der Waals surface area contributed by atoms with Crippen molar-refractivity contribution in [3.8, 4) is 0 Å². The van der Waals surface area contributed by atoms with Crippen molar-refractivity contribution in [1.82, 2.24) is 4.98 Å². The summed E-state index contributed by atoms with van der Waals surface area (Å²) >= 11 is 0. The first-order valence-corrected chi connectivity index (χ1v) is 10.8. The number of aromatic nitrogens is 1. The average molecular weight is 396 g/mol. The van der Waals surface area contributed by atoms with Crippen LogP contribution in [0, 0.1) is 5.92 Å². The van der Waals surface area contributed by atoms with Crippen LogP contribution in [0.25, 0.3) is 0 Å². The molecule has 3 heteroatoms. The molecular formula is C27H29N3. The molecule has 0 amide bonds. The van der Waals surface area contributed by atoms with Crippen LogP contribution in [0.3, 0.4) is 0 Å². The van der Waals surface area contributed by atoms with Crippen molar-refractivity contribution in [2.75, 3.05) is 9.80 Å². The zero-order valence-corrected chi connectivity index (χ0v) is 18.2. The number of rotatable bonds is 2. The van der Waals surface area contributed by atoms with Crippen molar-refractivity contribution < 1.29 is 0 Å². The molecule has 1 aromatic heterocycles. The van der Waals surface area contributed by atoms with Gasteiger partial charge in [0, 0.05) is 29.4 Å². The van der Waals surface area contributed by atoms with Crippen molar-refractivity contribution in [3.05, 3.63) is 90.6 Å².